The second-order valence-corrected chi connectivity index (χ2v) is 7.95. The molecule has 0 atom stereocenters. The number of hydrogen-bond acceptors (Lipinski definition) is 8. The summed E-state index contributed by atoms with van der Waals surface area (Å²) in [5.74, 6) is -1.90. The Kier molecular flexibility index (Phi) is 6.22. The molecule has 0 radical (unpaired) electrons. The number of carbonyl (C=O) groups is 3. The van der Waals surface area contributed by atoms with Gasteiger partial charge in [0.05, 0.1) is 23.5 Å². The van der Waals surface area contributed by atoms with E-state index in [0.29, 0.717) is 17.3 Å². The van der Waals surface area contributed by atoms with Crippen LogP contribution in [-0.4, -0.2) is 45.5 Å². The maximum Gasteiger partial charge on any atom is 0.315 e. The summed E-state index contributed by atoms with van der Waals surface area (Å²) in [6.45, 7) is -0.428. The molecule has 1 fully saturated rings. The van der Waals surface area contributed by atoms with Gasteiger partial charge in [0.1, 0.15) is 0 Å². The molecule has 154 valence electrons. The van der Waals surface area contributed by atoms with Gasteiger partial charge in [-0.25, -0.2) is 0 Å². The first-order chi connectivity index (χ1) is 14.2. The summed E-state index contributed by atoms with van der Waals surface area (Å²) in [5, 5.41) is 20.3. The Morgan fingerprint density at radius 1 is 1.30 bits per heavy atom. The standard InChI is InChI=1S/C19H13BrN2O7S/c1-29-15-7-10(6-13(17(15)24)22(27)28)8-16-18(25)21(19(26)30-16)9-14(23)11-2-4-12(20)5-3-11/h2-8,24H,9H2,1H3/b16-8+. The van der Waals surface area contributed by atoms with Crippen molar-refractivity contribution in [3.63, 3.8) is 0 Å². The zero-order valence-corrected chi connectivity index (χ0v) is 17.7. The quantitative estimate of drug-likeness (QED) is 0.277. The molecule has 0 unspecified atom stereocenters. The largest absolute Gasteiger partial charge is 0.500 e. The van der Waals surface area contributed by atoms with E-state index in [1.807, 2.05) is 0 Å². The average molecular weight is 493 g/mol. The molecule has 1 heterocycles. The van der Waals surface area contributed by atoms with Crippen LogP contribution in [0.1, 0.15) is 15.9 Å². The number of benzene rings is 2. The summed E-state index contributed by atoms with van der Waals surface area (Å²) in [5.41, 5.74) is -0.0774. The summed E-state index contributed by atoms with van der Waals surface area (Å²) in [6, 6.07) is 8.84. The SMILES string of the molecule is COc1cc(/C=C2/SC(=O)N(CC(=O)c3ccc(Br)cc3)C2=O)cc([N+](=O)[O-])c1O. The lowest BCUT2D eigenvalue weighted by molar-refractivity contribution is -0.386. The Labute approximate surface area is 182 Å². The van der Waals surface area contributed by atoms with E-state index in [0.717, 1.165) is 15.4 Å². The Morgan fingerprint density at radius 2 is 1.97 bits per heavy atom. The number of aromatic hydroxyl groups is 1. The minimum Gasteiger partial charge on any atom is -0.500 e. The van der Waals surface area contributed by atoms with Gasteiger partial charge in [-0.05, 0) is 41.6 Å². The van der Waals surface area contributed by atoms with E-state index in [4.69, 9.17) is 4.74 Å². The molecule has 30 heavy (non-hydrogen) atoms. The van der Waals surface area contributed by atoms with Crippen molar-refractivity contribution in [2.24, 2.45) is 0 Å². The van der Waals surface area contributed by atoms with Gasteiger partial charge in [-0.2, -0.15) is 0 Å². The highest BCUT2D eigenvalue weighted by Crippen LogP contribution is 2.39. The lowest BCUT2D eigenvalue weighted by Crippen LogP contribution is -2.33. The number of ketones is 1. The Morgan fingerprint density at radius 3 is 2.57 bits per heavy atom. The van der Waals surface area contributed by atoms with Crippen LogP contribution in [0.2, 0.25) is 0 Å². The van der Waals surface area contributed by atoms with Crippen LogP contribution in [0.25, 0.3) is 6.08 Å². The maximum absolute atomic E-state index is 12.6. The molecule has 1 aliphatic rings. The summed E-state index contributed by atoms with van der Waals surface area (Å²) in [4.78, 5) is 48.4. The number of thioether (sulfide) groups is 1. The van der Waals surface area contributed by atoms with E-state index in [-0.39, 0.29) is 16.2 Å². The van der Waals surface area contributed by atoms with Gasteiger partial charge >= 0.3 is 5.69 Å². The number of methoxy groups -OCH3 is 1. The Balaban J connectivity index is 1.86. The fourth-order valence-electron chi connectivity index (χ4n) is 2.65. The molecule has 1 aliphatic heterocycles. The number of rotatable bonds is 6. The third-order valence-corrected chi connectivity index (χ3v) is 5.57. The number of carbonyl (C=O) groups excluding carboxylic acids is 3. The van der Waals surface area contributed by atoms with Crippen LogP contribution in [0.3, 0.4) is 0 Å². The first-order valence-corrected chi connectivity index (χ1v) is 9.91. The van der Waals surface area contributed by atoms with Crippen LogP contribution in [0, 0.1) is 10.1 Å². The normalized spacial score (nSPS) is 15.0. The molecule has 0 saturated carbocycles. The number of hydrogen-bond donors (Lipinski definition) is 1. The number of nitro benzene ring substituents is 1. The molecule has 2 aromatic carbocycles. The van der Waals surface area contributed by atoms with Gasteiger partial charge in [-0.3, -0.25) is 29.4 Å². The first kappa shape index (κ1) is 21.5. The molecule has 1 N–H and O–H groups in total. The molecule has 0 bridgehead atoms. The van der Waals surface area contributed by atoms with Crippen molar-refractivity contribution in [3.05, 3.63) is 67.0 Å². The van der Waals surface area contributed by atoms with Crippen molar-refractivity contribution in [1.82, 2.24) is 4.90 Å². The van der Waals surface area contributed by atoms with Crippen LogP contribution in [-0.2, 0) is 4.79 Å². The molecule has 0 aromatic heterocycles. The number of nitro groups is 1. The number of phenolic OH excluding ortho intramolecular Hbond substituents is 1. The Bertz CT molecular complexity index is 1100. The number of amides is 2. The number of imide groups is 1. The minimum absolute atomic E-state index is 0.00866. The molecule has 3 rings (SSSR count). The Hall–Kier alpha value is -3.18. The summed E-state index contributed by atoms with van der Waals surface area (Å²) >= 11 is 3.88. The van der Waals surface area contributed by atoms with Crippen molar-refractivity contribution < 1.29 is 29.2 Å². The van der Waals surface area contributed by atoms with Gasteiger partial charge in [-0.1, -0.05) is 28.1 Å². The topological polar surface area (TPSA) is 127 Å². The minimum atomic E-state index is -0.794. The van der Waals surface area contributed by atoms with Crippen molar-refractivity contribution >= 4 is 56.4 Å². The van der Waals surface area contributed by atoms with Crippen molar-refractivity contribution in [2.45, 2.75) is 0 Å². The summed E-state index contributed by atoms with van der Waals surface area (Å²) < 4.78 is 5.70. The zero-order chi connectivity index (χ0) is 22.0. The van der Waals surface area contributed by atoms with Gasteiger partial charge in [-0.15, -0.1) is 0 Å². The predicted molar refractivity (Wildman–Crippen MR) is 112 cm³/mol. The lowest BCUT2D eigenvalue weighted by Gasteiger charge is -2.11. The van der Waals surface area contributed by atoms with E-state index in [2.05, 4.69) is 15.9 Å². The first-order valence-electron chi connectivity index (χ1n) is 8.30. The zero-order valence-electron chi connectivity index (χ0n) is 15.3. The van der Waals surface area contributed by atoms with E-state index in [1.54, 1.807) is 24.3 Å². The highest BCUT2D eigenvalue weighted by atomic mass is 79.9. The number of Topliss-reactive ketones (excluding diaryl/α,β-unsaturated/α-hetero) is 1. The second kappa shape index (κ2) is 8.67. The van der Waals surface area contributed by atoms with E-state index >= 15 is 0 Å². The van der Waals surface area contributed by atoms with E-state index < -0.39 is 39.8 Å². The van der Waals surface area contributed by atoms with Crippen molar-refractivity contribution in [2.75, 3.05) is 13.7 Å². The van der Waals surface area contributed by atoms with Gasteiger partial charge in [0, 0.05) is 16.1 Å². The molecule has 2 amide bonds. The average Bonchev–Trinajstić information content (AvgIpc) is 2.96. The van der Waals surface area contributed by atoms with Gasteiger partial charge in [0.2, 0.25) is 5.75 Å². The monoisotopic (exact) mass is 492 g/mol. The smallest absolute Gasteiger partial charge is 0.315 e. The maximum atomic E-state index is 12.6. The van der Waals surface area contributed by atoms with Crippen molar-refractivity contribution in [1.29, 1.82) is 0 Å². The molecule has 1 saturated heterocycles. The van der Waals surface area contributed by atoms with Crippen LogP contribution in [0.15, 0.2) is 45.8 Å². The predicted octanol–water partition coefficient (Wildman–Crippen LogP) is 3.99. The molecule has 9 nitrogen and oxygen atoms in total. The third-order valence-electron chi connectivity index (χ3n) is 4.13. The van der Waals surface area contributed by atoms with E-state index in [1.165, 1.54) is 19.3 Å². The number of phenols is 1. The number of halogens is 1. The highest BCUT2D eigenvalue weighted by molar-refractivity contribution is 9.10. The number of nitrogens with zero attached hydrogens (tertiary/aromatic N) is 2. The fourth-order valence-corrected chi connectivity index (χ4v) is 3.75. The van der Waals surface area contributed by atoms with Crippen molar-refractivity contribution in [3.8, 4) is 11.5 Å². The van der Waals surface area contributed by atoms with Gasteiger partial charge in [0.25, 0.3) is 11.1 Å². The van der Waals surface area contributed by atoms with Crippen LogP contribution in [0.4, 0.5) is 10.5 Å². The summed E-state index contributed by atoms with van der Waals surface area (Å²) in [6.07, 6.45) is 1.27. The fraction of sp³-hybridized carbons (Fsp3) is 0.105. The van der Waals surface area contributed by atoms with Gasteiger partial charge in [0.15, 0.2) is 11.5 Å². The van der Waals surface area contributed by atoms with E-state index in [9.17, 15) is 29.6 Å². The third kappa shape index (κ3) is 4.36. The molecule has 0 aliphatic carbocycles. The molecular weight excluding hydrogens is 480 g/mol. The molecule has 0 spiro atoms. The molecule has 11 heteroatoms. The lowest BCUT2D eigenvalue weighted by atomic mass is 10.1. The highest BCUT2D eigenvalue weighted by Gasteiger charge is 2.36. The molecule has 2 aromatic rings. The number of ether oxygens (including phenoxy) is 1. The second-order valence-electron chi connectivity index (χ2n) is 6.05. The summed E-state index contributed by atoms with van der Waals surface area (Å²) in [7, 11) is 1.23. The van der Waals surface area contributed by atoms with Crippen LogP contribution < -0.4 is 4.74 Å². The van der Waals surface area contributed by atoms with Crippen LogP contribution >= 0.6 is 27.7 Å². The van der Waals surface area contributed by atoms with Gasteiger partial charge < -0.3 is 9.84 Å². The van der Waals surface area contributed by atoms with Crippen LogP contribution in [0.5, 0.6) is 11.5 Å². The molecular formula is C19H13BrN2O7S.